The summed E-state index contributed by atoms with van der Waals surface area (Å²) < 4.78 is 6.52. The van der Waals surface area contributed by atoms with Gasteiger partial charge in [0.05, 0.1) is 6.26 Å². The van der Waals surface area contributed by atoms with E-state index in [1.54, 1.807) is 36.1 Å². The Balaban J connectivity index is 1.71. The molecule has 0 fully saturated rings. The van der Waals surface area contributed by atoms with Crippen LogP contribution in [0.15, 0.2) is 35.1 Å². The van der Waals surface area contributed by atoms with E-state index in [2.05, 4.69) is 15.7 Å². The fourth-order valence-corrected chi connectivity index (χ4v) is 1.47. The van der Waals surface area contributed by atoms with Gasteiger partial charge in [-0.05, 0) is 12.1 Å². The van der Waals surface area contributed by atoms with Gasteiger partial charge in [-0.15, -0.1) is 0 Å². The zero-order valence-corrected chi connectivity index (χ0v) is 10.4. The van der Waals surface area contributed by atoms with Gasteiger partial charge in [-0.25, -0.2) is 0 Å². The lowest BCUT2D eigenvalue weighted by atomic mass is 10.3. The molecule has 2 amide bonds. The molecular weight excluding hydrogens is 248 g/mol. The molecule has 2 aromatic heterocycles. The minimum absolute atomic E-state index is 0.170. The van der Waals surface area contributed by atoms with Crippen LogP contribution in [0.4, 0.5) is 5.82 Å². The Bertz CT molecular complexity index is 559. The van der Waals surface area contributed by atoms with Crippen LogP contribution in [0.3, 0.4) is 0 Å². The van der Waals surface area contributed by atoms with E-state index in [1.165, 1.54) is 6.26 Å². The summed E-state index contributed by atoms with van der Waals surface area (Å²) in [6.07, 6.45) is 3.32. The fraction of sp³-hybridized carbons (Fsp3) is 0.250. The average molecular weight is 262 g/mol. The number of furan rings is 1. The normalized spacial score (nSPS) is 10.2. The van der Waals surface area contributed by atoms with Crippen molar-refractivity contribution in [1.82, 2.24) is 15.1 Å². The maximum absolute atomic E-state index is 11.6. The molecule has 2 heterocycles. The van der Waals surface area contributed by atoms with Gasteiger partial charge in [-0.1, -0.05) is 0 Å². The molecule has 100 valence electrons. The lowest BCUT2D eigenvalue weighted by Gasteiger charge is -2.03. The first kappa shape index (κ1) is 12.9. The first-order valence-corrected chi connectivity index (χ1v) is 5.76. The van der Waals surface area contributed by atoms with Gasteiger partial charge in [-0.2, -0.15) is 5.10 Å². The average Bonchev–Trinajstić information content (AvgIpc) is 3.00. The minimum Gasteiger partial charge on any atom is -0.459 e. The molecule has 2 aromatic rings. The molecule has 0 radical (unpaired) electrons. The Morgan fingerprint density at radius 2 is 2.26 bits per heavy atom. The largest absolute Gasteiger partial charge is 0.459 e. The molecule has 0 aliphatic rings. The molecule has 0 spiro atoms. The van der Waals surface area contributed by atoms with Crippen LogP contribution in [-0.2, 0) is 11.8 Å². The summed E-state index contributed by atoms with van der Waals surface area (Å²) in [6, 6.07) is 4.88. The Morgan fingerprint density at radius 3 is 2.89 bits per heavy atom. The highest BCUT2D eigenvalue weighted by Crippen LogP contribution is 2.02. The fourth-order valence-electron chi connectivity index (χ4n) is 1.47. The Hall–Kier alpha value is -2.57. The predicted octanol–water partition coefficient (Wildman–Crippen LogP) is 0.772. The highest BCUT2D eigenvalue weighted by Gasteiger charge is 2.09. The third-order valence-electron chi connectivity index (χ3n) is 2.36. The predicted molar refractivity (Wildman–Crippen MR) is 67.5 cm³/mol. The standard InChI is InChI=1S/C12H14N4O3/c1-16-7-5-10(15-16)14-11(17)4-6-13-12(18)9-3-2-8-19-9/h2-3,5,7-8H,4,6H2,1H3,(H,13,18)(H,14,15,17). The summed E-state index contributed by atoms with van der Waals surface area (Å²) >= 11 is 0. The van der Waals surface area contributed by atoms with E-state index in [9.17, 15) is 9.59 Å². The van der Waals surface area contributed by atoms with Gasteiger partial charge in [0.25, 0.3) is 5.91 Å². The number of carbonyl (C=O) groups is 2. The molecule has 0 saturated heterocycles. The van der Waals surface area contributed by atoms with Crippen molar-refractivity contribution >= 4 is 17.6 Å². The van der Waals surface area contributed by atoms with Crippen molar-refractivity contribution in [3.63, 3.8) is 0 Å². The van der Waals surface area contributed by atoms with Gasteiger partial charge in [-0.3, -0.25) is 14.3 Å². The number of rotatable bonds is 5. The van der Waals surface area contributed by atoms with Crippen LogP contribution in [0.5, 0.6) is 0 Å². The van der Waals surface area contributed by atoms with Crippen molar-refractivity contribution in [2.45, 2.75) is 6.42 Å². The molecule has 2 rings (SSSR count). The van der Waals surface area contributed by atoms with Crippen LogP contribution in [-0.4, -0.2) is 28.1 Å². The molecule has 0 bridgehead atoms. The minimum atomic E-state index is -0.337. The number of hydrogen-bond donors (Lipinski definition) is 2. The van der Waals surface area contributed by atoms with Crippen LogP contribution in [0, 0.1) is 0 Å². The number of amides is 2. The number of aromatic nitrogens is 2. The second kappa shape index (κ2) is 5.85. The molecule has 0 aromatic carbocycles. The summed E-state index contributed by atoms with van der Waals surface area (Å²) in [5.74, 6) is 0.170. The van der Waals surface area contributed by atoms with Crippen molar-refractivity contribution < 1.29 is 14.0 Å². The molecule has 0 unspecified atom stereocenters. The van der Waals surface area contributed by atoms with E-state index in [1.807, 2.05) is 0 Å². The summed E-state index contributed by atoms with van der Waals surface area (Å²) in [7, 11) is 1.76. The van der Waals surface area contributed by atoms with Crippen molar-refractivity contribution in [1.29, 1.82) is 0 Å². The van der Waals surface area contributed by atoms with Crippen LogP contribution in [0.1, 0.15) is 17.0 Å². The van der Waals surface area contributed by atoms with E-state index < -0.39 is 0 Å². The summed E-state index contributed by atoms with van der Waals surface area (Å²) in [4.78, 5) is 23.1. The SMILES string of the molecule is Cn1ccc(NC(=O)CCNC(=O)c2ccco2)n1. The molecule has 19 heavy (non-hydrogen) atoms. The molecule has 0 aliphatic carbocycles. The highest BCUT2D eigenvalue weighted by atomic mass is 16.3. The molecule has 7 nitrogen and oxygen atoms in total. The van der Waals surface area contributed by atoms with E-state index in [-0.39, 0.29) is 30.5 Å². The first-order chi connectivity index (χ1) is 9.15. The molecule has 0 atom stereocenters. The Labute approximate surface area is 109 Å². The highest BCUT2D eigenvalue weighted by molar-refractivity contribution is 5.93. The van der Waals surface area contributed by atoms with Crippen molar-refractivity contribution in [2.75, 3.05) is 11.9 Å². The molecule has 2 N–H and O–H groups in total. The van der Waals surface area contributed by atoms with Crippen LogP contribution in [0.25, 0.3) is 0 Å². The van der Waals surface area contributed by atoms with Gasteiger partial charge in [0.1, 0.15) is 0 Å². The molecular formula is C12H14N4O3. The molecule has 0 aliphatic heterocycles. The first-order valence-electron chi connectivity index (χ1n) is 5.76. The van der Waals surface area contributed by atoms with Crippen LogP contribution < -0.4 is 10.6 Å². The lowest BCUT2D eigenvalue weighted by molar-refractivity contribution is -0.116. The topological polar surface area (TPSA) is 89.2 Å². The molecule has 0 saturated carbocycles. The number of nitrogens with zero attached hydrogens (tertiary/aromatic N) is 2. The second-order valence-corrected chi connectivity index (χ2v) is 3.91. The number of nitrogens with one attached hydrogen (secondary N) is 2. The van der Waals surface area contributed by atoms with Crippen molar-refractivity contribution in [3.05, 3.63) is 36.4 Å². The van der Waals surface area contributed by atoms with Gasteiger partial charge < -0.3 is 15.1 Å². The Morgan fingerprint density at radius 1 is 1.42 bits per heavy atom. The van der Waals surface area contributed by atoms with Crippen molar-refractivity contribution in [2.24, 2.45) is 7.05 Å². The van der Waals surface area contributed by atoms with E-state index in [0.29, 0.717) is 5.82 Å². The van der Waals surface area contributed by atoms with Crippen LogP contribution in [0.2, 0.25) is 0 Å². The third kappa shape index (κ3) is 3.70. The number of aryl methyl sites for hydroxylation is 1. The van der Waals surface area contributed by atoms with Gasteiger partial charge >= 0.3 is 0 Å². The maximum Gasteiger partial charge on any atom is 0.286 e. The zero-order valence-electron chi connectivity index (χ0n) is 10.4. The maximum atomic E-state index is 11.6. The number of carbonyl (C=O) groups excluding carboxylic acids is 2. The van der Waals surface area contributed by atoms with E-state index >= 15 is 0 Å². The van der Waals surface area contributed by atoms with Gasteiger partial charge in [0.2, 0.25) is 5.91 Å². The van der Waals surface area contributed by atoms with Gasteiger partial charge in [0.15, 0.2) is 11.6 Å². The second-order valence-electron chi connectivity index (χ2n) is 3.91. The van der Waals surface area contributed by atoms with Crippen molar-refractivity contribution in [3.8, 4) is 0 Å². The number of anilines is 1. The summed E-state index contributed by atoms with van der Waals surface area (Å²) in [5.41, 5.74) is 0. The van der Waals surface area contributed by atoms with E-state index in [4.69, 9.17) is 4.42 Å². The summed E-state index contributed by atoms with van der Waals surface area (Å²) in [6.45, 7) is 0.234. The number of hydrogen-bond acceptors (Lipinski definition) is 4. The molecule has 7 heteroatoms. The van der Waals surface area contributed by atoms with Gasteiger partial charge in [0, 0.05) is 32.3 Å². The summed E-state index contributed by atoms with van der Waals surface area (Å²) in [5, 5.41) is 9.23. The Kier molecular flexibility index (Phi) is 3.97. The third-order valence-corrected chi connectivity index (χ3v) is 2.36. The smallest absolute Gasteiger partial charge is 0.286 e. The monoisotopic (exact) mass is 262 g/mol. The van der Waals surface area contributed by atoms with E-state index in [0.717, 1.165) is 0 Å². The zero-order chi connectivity index (χ0) is 13.7. The van der Waals surface area contributed by atoms with Crippen LogP contribution >= 0.6 is 0 Å². The quantitative estimate of drug-likeness (QED) is 0.833. The lowest BCUT2D eigenvalue weighted by Crippen LogP contribution is -2.27.